The first-order chi connectivity index (χ1) is 6.90. The van der Waals surface area contributed by atoms with Crippen molar-refractivity contribution in [1.82, 2.24) is 20.2 Å². The number of hydrogen-bond acceptors (Lipinski definition) is 5. The van der Waals surface area contributed by atoms with E-state index in [4.69, 9.17) is 9.84 Å². The van der Waals surface area contributed by atoms with Gasteiger partial charge in [-0.2, -0.15) is 0 Å². The number of tetrazole rings is 1. The molecule has 84 valence electrons. The van der Waals surface area contributed by atoms with Crippen LogP contribution < -0.4 is 0 Å². The molecule has 0 fully saturated rings. The summed E-state index contributed by atoms with van der Waals surface area (Å²) < 4.78 is 6.44. The molecule has 1 N–H and O–H groups in total. The lowest BCUT2D eigenvalue weighted by atomic mass is 10.1. The number of aliphatic carboxylic acids is 1. The highest BCUT2D eigenvalue weighted by molar-refractivity contribution is 5.71. The summed E-state index contributed by atoms with van der Waals surface area (Å²) in [7, 11) is 1.52. The van der Waals surface area contributed by atoms with Crippen molar-refractivity contribution in [1.29, 1.82) is 0 Å². The number of methoxy groups -OCH3 is 1. The molecule has 15 heavy (non-hydrogen) atoms. The average molecular weight is 214 g/mol. The zero-order chi connectivity index (χ0) is 11.6. The van der Waals surface area contributed by atoms with Crippen LogP contribution in [0.2, 0.25) is 0 Å². The number of rotatable bonds is 4. The summed E-state index contributed by atoms with van der Waals surface area (Å²) in [5, 5.41) is 19.7. The van der Waals surface area contributed by atoms with Crippen LogP contribution in [0.25, 0.3) is 0 Å². The molecular formula is C8H14N4O3. The predicted octanol–water partition coefficient (Wildman–Crippen LogP) is 0.200. The SMILES string of the molecule is COC(C)(C)c1nnnn1C(C)C(=O)O. The first-order valence-corrected chi connectivity index (χ1v) is 4.46. The van der Waals surface area contributed by atoms with Gasteiger partial charge in [0, 0.05) is 7.11 Å². The molecule has 0 aliphatic carbocycles. The number of carboxylic acids is 1. The summed E-state index contributed by atoms with van der Waals surface area (Å²) in [6.07, 6.45) is 0. The largest absolute Gasteiger partial charge is 0.480 e. The van der Waals surface area contributed by atoms with Crippen LogP contribution in [0.5, 0.6) is 0 Å². The molecule has 1 heterocycles. The van der Waals surface area contributed by atoms with Crippen molar-refractivity contribution < 1.29 is 14.6 Å². The molecule has 0 bridgehead atoms. The van der Waals surface area contributed by atoms with E-state index in [1.54, 1.807) is 13.8 Å². The Morgan fingerprint density at radius 1 is 1.60 bits per heavy atom. The molecule has 1 atom stereocenters. The van der Waals surface area contributed by atoms with Gasteiger partial charge < -0.3 is 9.84 Å². The van der Waals surface area contributed by atoms with Crippen molar-refractivity contribution in [2.24, 2.45) is 0 Å². The Balaban J connectivity index is 3.12. The van der Waals surface area contributed by atoms with Gasteiger partial charge in [0.2, 0.25) is 0 Å². The van der Waals surface area contributed by atoms with E-state index in [2.05, 4.69) is 15.5 Å². The quantitative estimate of drug-likeness (QED) is 0.770. The molecule has 7 heteroatoms. The van der Waals surface area contributed by atoms with Crippen molar-refractivity contribution >= 4 is 5.97 Å². The molecule has 0 aliphatic rings. The van der Waals surface area contributed by atoms with Gasteiger partial charge in [-0.1, -0.05) is 0 Å². The molecule has 0 aliphatic heterocycles. The number of ether oxygens (including phenoxy) is 1. The van der Waals surface area contributed by atoms with E-state index in [9.17, 15) is 4.79 Å². The molecule has 1 aromatic rings. The van der Waals surface area contributed by atoms with Crippen molar-refractivity contribution in [3.05, 3.63) is 5.82 Å². The smallest absolute Gasteiger partial charge is 0.328 e. The van der Waals surface area contributed by atoms with E-state index in [1.807, 2.05) is 0 Å². The summed E-state index contributed by atoms with van der Waals surface area (Å²) in [6, 6.07) is -0.815. The average Bonchev–Trinajstić information content (AvgIpc) is 2.65. The molecule has 0 radical (unpaired) electrons. The van der Waals surface area contributed by atoms with Crippen LogP contribution in [0.1, 0.15) is 32.6 Å². The van der Waals surface area contributed by atoms with Gasteiger partial charge in [-0.3, -0.25) is 0 Å². The Morgan fingerprint density at radius 2 is 2.20 bits per heavy atom. The van der Waals surface area contributed by atoms with Gasteiger partial charge in [-0.05, 0) is 31.2 Å². The lowest BCUT2D eigenvalue weighted by Crippen LogP contribution is -2.29. The molecule has 1 aromatic heterocycles. The van der Waals surface area contributed by atoms with Crippen molar-refractivity contribution in [3.63, 3.8) is 0 Å². The van der Waals surface area contributed by atoms with Crippen molar-refractivity contribution in [2.45, 2.75) is 32.4 Å². The topological polar surface area (TPSA) is 90.1 Å². The first-order valence-electron chi connectivity index (χ1n) is 4.46. The highest BCUT2D eigenvalue weighted by atomic mass is 16.5. The standard InChI is InChI=1S/C8H14N4O3/c1-5(6(13)14)12-7(9-10-11-12)8(2,3)15-4/h5H,1-4H3,(H,13,14). The second kappa shape index (κ2) is 3.93. The van der Waals surface area contributed by atoms with Gasteiger partial charge in [-0.15, -0.1) is 5.10 Å². The lowest BCUT2D eigenvalue weighted by molar-refractivity contribution is -0.140. The molecule has 0 spiro atoms. The maximum atomic E-state index is 10.8. The number of carboxylic acid groups (broad SMARTS) is 1. The third-order valence-electron chi connectivity index (χ3n) is 2.27. The van der Waals surface area contributed by atoms with Crippen LogP contribution in [-0.4, -0.2) is 38.4 Å². The van der Waals surface area contributed by atoms with Gasteiger partial charge in [0.15, 0.2) is 11.9 Å². The zero-order valence-electron chi connectivity index (χ0n) is 9.13. The molecule has 1 unspecified atom stereocenters. The lowest BCUT2D eigenvalue weighted by Gasteiger charge is -2.22. The molecule has 1 rings (SSSR count). The molecular weight excluding hydrogens is 200 g/mol. The zero-order valence-corrected chi connectivity index (χ0v) is 9.13. The van der Waals surface area contributed by atoms with Crippen LogP contribution in [-0.2, 0) is 15.1 Å². The van der Waals surface area contributed by atoms with Crippen molar-refractivity contribution in [2.75, 3.05) is 7.11 Å². The van der Waals surface area contributed by atoms with E-state index >= 15 is 0 Å². The van der Waals surface area contributed by atoms with Gasteiger partial charge in [0.1, 0.15) is 5.60 Å². The van der Waals surface area contributed by atoms with Crippen LogP contribution >= 0.6 is 0 Å². The number of nitrogens with zero attached hydrogens (tertiary/aromatic N) is 4. The Labute approximate surface area is 87.0 Å². The maximum absolute atomic E-state index is 10.8. The third-order valence-corrected chi connectivity index (χ3v) is 2.27. The second-order valence-electron chi connectivity index (χ2n) is 3.68. The highest BCUT2D eigenvalue weighted by Gasteiger charge is 2.30. The number of carbonyl (C=O) groups is 1. The van der Waals surface area contributed by atoms with Crippen LogP contribution in [0, 0.1) is 0 Å². The molecule has 0 aromatic carbocycles. The number of hydrogen-bond donors (Lipinski definition) is 1. The minimum Gasteiger partial charge on any atom is -0.480 e. The summed E-state index contributed by atoms with van der Waals surface area (Å²) in [5.74, 6) is -0.602. The summed E-state index contributed by atoms with van der Waals surface area (Å²) in [6.45, 7) is 5.04. The van der Waals surface area contributed by atoms with Crippen molar-refractivity contribution in [3.8, 4) is 0 Å². The van der Waals surface area contributed by atoms with E-state index in [-0.39, 0.29) is 0 Å². The molecule has 7 nitrogen and oxygen atoms in total. The molecule has 0 saturated carbocycles. The predicted molar refractivity (Wildman–Crippen MR) is 50.2 cm³/mol. The van der Waals surface area contributed by atoms with E-state index < -0.39 is 17.6 Å². The molecule has 0 amide bonds. The Bertz CT molecular complexity index is 361. The van der Waals surface area contributed by atoms with Gasteiger partial charge in [0.05, 0.1) is 0 Å². The second-order valence-corrected chi connectivity index (χ2v) is 3.68. The van der Waals surface area contributed by atoms with E-state index in [1.165, 1.54) is 18.7 Å². The fourth-order valence-electron chi connectivity index (χ4n) is 1.05. The van der Waals surface area contributed by atoms with Crippen LogP contribution in [0.15, 0.2) is 0 Å². The van der Waals surface area contributed by atoms with E-state index in [0.29, 0.717) is 5.82 Å². The Hall–Kier alpha value is -1.50. The van der Waals surface area contributed by atoms with Gasteiger partial charge in [0.25, 0.3) is 0 Å². The normalized spacial score (nSPS) is 13.9. The monoisotopic (exact) mass is 214 g/mol. The number of aromatic nitrogens is 4. The fourth-order valence-corrected chi connectivity index (χ4v) is 1.05. The fraction of sp³-hybridized carbons (Fsp3) is 0.750. The van der Waals surface area contributed by atoms with Crippen LogP contribution in [0.3, 0.4) is 0 Å². The maximum Gasteiger partial charge on any atom is 0.328 e. The third kappa shape index (κ3) is 2.12. The van der Waals surface area contributed by atoms with Crippen LogP contribution in [0.4, 0.5) is 0 Å². The summed E-state index contributed by atoms with van der Waals surface area (Å²) >= 11 is 0. The minimum atomic E-state index is -0.990. The minimum absolute atomic E-state index is 0.389. The Kier molecular flexibility index (Phi) is 3.04. The van der Waals surface area contributed by atoms with E-state index in [0.717, 1.165) is 0 Å². The molecule has 0 saturated heterocycles. The van der Waals surface area contributed by atoms with Gasteiger partial charge >= 0.3 is 5.97 Å². The van der Waals surface area contributed by atoms with Gasteiger partial charge in [-0.25, -0.2) is 9.48 Å². The highest BCUT2D eigenvalue weighted by Crippen LogP contribution is 2.22. The summed E-state index contributed by atoms with van der Waals surface area (Å²) in [5.41, 5.74) is -0.715. The summed E-state index contributed by atoms with van der Waals surface area (Å²) in [4.78, 5) is 10.8. The first kappa shape index (κ1) is 11.6. The Morgan fingerprint density at radius 3 is 2.67 bits per heavy atom.